The van der Waals surface area contributed by atoms with E-state index in [0.717, 1.165) is 21.9 Å². The Morgan fingerprint density at radius 2 is 1.12 bits per heavy atom. The monoisotopic (exact) mass is 679 g/mol. The van der Waals surface area contributed by atoms with Crippen molar-refractivity contribution in [2.75, 3.05) is 4.90 Å². The molecular formula is C50H33NO. The second kappa shape index (κ2) is 12.5. The normalized spacial score (nSPS) is 15.8. The van der Waals surface area contributed by atoms with E-state index in [-0.39, 0.29) is 50.9 Å². The van der Waals surface area contributed by atoms with Crippen LogP contribution in [-0.2, 0) is 0 Å². The van der Waals surface area contributed by atoms with Crippen LogP contribution in [0.1, 0.15) is 21.9 Å². The van der Waals surface area contributed by atoms with Crippen LogP contribution >= 0.6 is 0 Å². The predicted octanol–water partition coefficient (Wildman–Crippen LogP) is 14.4. The molecule has 52 heavy (non-hydrogen) atoms. The minimum Gasteiger partial charge on any atom is -0.456 e. The van der Waals surface area contributed by atoms with Gasteiger partial charge in [-0.15, -0.1) is 0 Å². The number of fused-ring (bicyclic) bond motifs is 6. The lowest BCUT2D eigenvalue weighted by molar-refractivity contribution is 0.669. The number of benzene rings is 9. The minimum absolute atomic E-state index is 0.0214. The van der Waals surface area contributed by atoms with E-state index in [1.807, 2.05) is 48.5 Å². The van der Waals surface area contributed by atoms with E-state index in [4.69, 9.17) is 20.9 Å². The standard InChI is InChI=1S/C50H33NO/c1-3-11-34(12-4-1)36-21-25-41(26-22-36)51(42-27-23-37(24-28-42)40-20-19-35-13-7-8-16-39(35)31-40)43-29-30-44-46(38-14-5-2-6-15-38)33-49-50(47(44)32-43)45-17-9-10-18-48(45)52-49/h1-33H/i1D,2D,3D,5D,6D,9D,10D,12D,14D,15D,17D,18D,29D,30D,32D,33D. The summed E-state index contributed by atoms with van der Waals surface area (Å²) in [6.45, 7) is 0. The molecule has 10 rings (SSSR count). The molecule has 2 heteroatoms. The zero-order chi connectivity index (χ0) is 48.4. The van der Waals surface area contributed by atoms with Gasteiger partial charge < -0.3 is 9.32 Å². The summed E-state index contributed by atoms with van der Waals surface area (Å²) in [5.41, 5.74) is 1.55. The summed E-state index contributed by atoms with van der Waals surface area (Å²) >= 11 is 0. The van der Waals surface area contributed by atoms with Gasteiger partial charge in [-0.05, 0) is 109 Å². The first-order chi connectivity index (χ1) is 32.4. The molecule has 0 aliphatic rings. The molecule has 0 radical (unpaired) electrons. The molecule has 2 nitrogen and oxygen atoms in total. The molecule has 0 unspecified atom stereocenters. The highest BCUT2D eigenvalue weighted by molar-refractivity contribution is 6.22. The zero-order valence-corrected chi connectivity index (χ0v) is 27.2. The lowest BCUT2D eigenvalue weighted by Gasteiger charge is -2.26. The fraction of sp³-hybridized carbons (Fsp3) is 0. The second-order valence-electron chi connectivity index (χ2n) is 12.1. The number of anilines is 3. The molecule has 1 heterocycles. The molecule has 0 aliphatic carbocycles. The average Bonchev–Trinajstić information content (AvgIpc) is 3.75. The van der Waals surface area contributed by atoms with Crippen molar-refractivity contribution >= 4 is 60.5 Å². The van der Waals surface area contributed by atoms with Crippen molar-refractivity contribution in [1.82, 2.24) is 0 Å². The van der Waals surface area contributed by atoms with E-state index in [1.165, 1.54) is 12.1 Å². The summed E-state index contributed by atoms with van der Waals surface area (Å²) in [5.74, 6) is 0. The Labute approximate surface area is 324 Å². The van der Waals surface area contributed by atoms with Crippen molar-refractivity contribution < 1.29 is 26.3 Å². The van der Waals surface area contributed by atoms with Gasteiger partial charge in [0.05, 0.1) is 21.9 Å². The van der Waals surface area contributed by atoms with Crippen molar-refractivity contribution in [3.05, 3.63) is 200 Å². The highest BCUT2D eigenvalue weighted by Gasteiger charge is 2.19. The van der Waals surface area contributed by atoms with E-state index in [0.29, 0.717) is 22.5 Å². The van der Waals surface area contributed by atoms with Crippen LogP contribution in [0.15, 0.2) is 204 Å². The van der Waals surface area contributed by atoms with Gasteiger partial charge in [0.1, 0.15) is 11.2 Å². The fourth-order valence-electron chi connectivity index (χ4n) is 6.62. The van der Waals surface area contributed by atoms with E-state index in [1.54, 1.807) is 41.3 Å². The van der Waals surface area contributed by atoms with Crippen LogP contribution in [0.4, 0.5) is 17.1 Å². The smallest absolute Gasteiger partial charge is 0.136 e. The number of para-hydroxylation sites is 1. The van der Waals surface area contributed by atoms with Gasteiger partial charge in [-0.25, -0.2) is 0 Å². The van der Waals surface area contributed by atoms with Crippen LogP contribution in [0.3, 0.4) is 0 Å². The Bertz CT molecular complexity index is 3780. The zero-order valence-electron chi connectivity index (χ0n) is 43.2. The molecule has 10 aromatic rings. The predicted molar refractivity (Wildman–Crippen MR) is 220 cm³/mol. The topological polar surface area (TPSA) is 16.4 Å². The molecule has 0 saturated carbocycles. The molecule has 0 amide bonds. The number of hydrogen-bond acceptors (Lipinski definition) is 2. The van der Waals surface area contributed by atoms with Crippen LogP contribution in [0.2, 0.25) is 0 Å². The molecule has 0 spiro atoms. The van der Waals surface area contributed by atoms with E-state index >= 15 is 0 Å². The van der Waals surface area contributed by atoms with Gasteiger partial charge in [0.2, 0.25) is 0 Å². The number of rotatable bonds is 6. The van der Waals surface area contributed by atoms with Crippen LogP contribution in [-0.4, -0.2) is 0 Å². The van der Waals surface area contributed by atoms with Crippen molar-refractivity contribution in [2.45, 2.75) is 0 Å². The van der Waals surface area contributed by atoms with Gasteiger partial charge in [-0.3, -0.25) is 0 Å². The third-order valence-corrected chi connectivity index (χ3v) is 9.09. The third kappa shape index (κ3) is 5.21. The van der Waals surface area contributed by atoms with E-state index < -0.39 is 95.3 Å². The minimum atomic E-state index is -0.743. The first-order valence-corrected chi connectivity index (χ1v) is 16.4. The molecule has 0 fully saturated rings. The summed E-state index contributed by atoms with van der Waals surface area (Å²) in [5, 5.41) is 1.12. The van der Waals surface area contributed by atoms with Crippen molar-refractivity contribution in [1.29, 1.82) is 0 Å². The average molecular weight is 680 g/mol. The van der Waals surface area contributed by atoms with Gasteiger partial charge >= 0.3 is 0 Å². The van der Waals surface area contributed by atoms with E-state index in [2.05, 4.69) is 6.07 Å². The first kappa shape index (κ1) is 17.8. The number of nitrogens with zero attached hydrogens (tertiary/aromatic N) is 1. The molecular weight excluding hydrogens is 631 g/mol. The molecule has 0 atom stereocenters. The summed E-state index contributed by atoms with van der Waals surface area (Å²) < 4.78 is 148. The Kier molecular flexibility index (Phi) is 4.28. The van der Waals surface area contributed by atoms with E-state index in [9.17, 15) is 5.48 Å². The summed E-state index contributed by atoms with van der Waals surface area (Å²) in [6.07, 6.45) is 0. The van der Waals surface area contributed by atoms with Crippen molar-refractivity contribution in [3.8, 4) is 33.4 Å². The van der Waals surface area contributed by atoms with Crippen LogP contribution in [0.25, 0.3) is 76.9 Å². The molecule has 0 N–H and O–H groups in total. The van der Waals surface area contributed by atoms with Crippen molar-refractivity contribution in [3.63, 3.8) is 0 Å². The van der Waals surface area contributed by atoms with Gasteiger partial charge in [0.15, 0.2) is 0 Å². The lowest BCUT2D eigenvalue weighted by atomic mass is 9.94. The Morgan fingerprint density at radius 3 is 1.92 bits per heavy atom. The molecule has 0 aliphatic heterocycles. The summed E-state index contributed by atoms with van der Waals surface area (Å²) in [4.78, 5) is 1.56. The molecule has 0 saturated heterocycles. The highest BCUT2D eigenvalue weighted by atomic mass is 16.3. The molecule has 244 valence electrons. The molecule has 9 aromatic carbocycles. The van der Waals surface area contributed by atoms with Gasteiger partial charge in [-0.2, -0.15) is 0 Å². The van der Waals surface area contributed by atoms with Crippen LogP contribution in [0.5, 0.6) is 0 Å². The Balaban J connectivity index is 1.31. The van der Waals surface area contributed by atoms with Gasteiger partial charge in [0.25, 0.3) is 0 Å². The molecule has 1 aromatic heterocycles. The SMILES string of the molecule is [2H]c1cc([2H])c(-c2ccc(N(c3ccc(-c4ccc5ccccc5c4)cc3)c3c([2H])c([2H])c4c(-c5c([2H])c([2H])c([2H])c([2H])c5[2H])c([2H])c5oc6c([2H])c([2H])c([2H])c([2H])c6c5c4c3[2H])cc2)cc1[2H]. The van der Waals surface area contributed by atoms with Crippen LogP contribution in [0, 0.1) is 0 Å². The quantitative estimate of drug-likeness (QED) is 0.174. The van der Waals surface area contributed by atoms with Gasteiger partial charge in [-0.1, -0.05) is 145 Å². The largest absolute Gasteiger partial charge is 0.456 e. The fourth-order valence-corrected chi connectivity index (χ4v) is 6.62. The van der Waals surface area contributed by atoms with Crippen LogP contribution < -0.4 is 4.90 Å². The second-order valence-corrected chi connectivity index (χ2v) is 12.1. The van der Waals surface area contributed by atoms with Gasteiger partial charge in [0, 0.05) is 27.8 Å². The summed E-state index contributed by atoms with van der Waals surface area (Å²) in [6, 6.07) is 22.1. The first-order valence-electron chi connectivity index (χ1n) is 24.4. The third-order valence-electron chi connectivity index (χ3n) is 9.09. The maximum absolute atomic E-state index is 10.2. The molecule has 0 bridgehead atoms. The number of furan rings is 1. The number of hydrogen-bond donors (Lipinski definition) is 0. The highest BCUT2D eigenvalue weighted by Crippen LogP contribution is 2.44. The Morgan fingerprint density at radius 1 is 0.404 bits per heavy atom. The maximum atomic E-state index is 10.2. The Hall–Kier alpha value is -6.90. The maximum Gasteiger partial charge on any atom is 0.136 e. The van der Waals surface area contributed by atoms with Crippen molar-refractivity contribution in [2.24, 2.45) is 0 Å². The summed E-state index contributed by atoms with van der Waals surface area (Å²) in [7, 11) is 0. The lowest BCUT2D eigenvalue weighted by Crippen LogP contribution is -2.10.